The Morgan fingerprint density at radius 3 is 2.45 bits per heavy atom. The van der Waals surface area contributed by atoms with Crippen LogP contribution in [0.2, 0.25) is 0 Å². The Bertz CT molecular complexity index is 910. The molecule has 1 aromatic rings. The van der Waals surface area contributed by atoms with Crippen molar-refractivity contribution in [2.45, 2.75) is 10.6 Å². The molecule has 0 aliphatic heterocycles. The lowest BCUT2D eigenvalue weighted by Gasteiger charge is -2.29. The van der Waals surface area contributed by atoms with Crippen molar-refractivity contribution in [3.8, 4) is 0 Å². The summed E-state index contributed by atoms with van der Waals surface area (Å²) in [6, 6.07) is 3.16. The second kappa shape index (κ2) is 5.15. The number of aliphatic hydroxyl groups is 1. The summed E-state index contributed by atoms with van der Waals surface area (Å²) in [4.78, 5) is 16.1. The average Bonchev–Trinajstić information content (AvgIpc) is 2.44. The molecule has 0 aromatic heterocycles. The predicted molar refractivity (Wildman–Crippen MR) is 70.9 cm³/mol. The first kappa shape index (κ1) is 15.5. The van der Waals surface area contributed by atoms with Gasteiger partial charge in [0.2, 0.25) is 0 Å². The van der Waals surface area contributed by atoms with Gasteiger partial charge in [0.05, 0.1) is 5.70 Å². The molecule has 0 heterocycles. The Morgan fingerprint density at radius 1 is 1.23 bits per heavy atom. The van der Waals surface area contributed by atoms with Crippen LogP contribution in [0.4, 0.5) is 0 Å². The molecule has 1 aliphatic carbocycles. The van der Waals surface area contributed by atoms with Crippen LogP contribution < -0.4 is 0 Å². The van der Waals surface area contributed by atoms with E-state index >= 15 is 0 Å². The number of rotatable bonds is 3. The molecule has 22 heavy (non-hydrogen) atoms. The first-order valence-electron chi connectivity index (χ1n) is 5.47. The predicted octanol–water partition coefficient (Wildman–Crippen LogP) is 1.78. The van der Waals surface area contributed by atoms with Gasteiger partial charge in [-0.1, -0.05) is 17.2 Å². The molecule has 1 atom stereocenters. The maximum atomic E-state index is 12.0. The van der Waals surface area contributed by atoms with Crippen molar-refractivity contribution in [3.05, 3.63) is 62.0 Å². The molecule has 112 valence electrons. The highest BCUT2D eigenvalue weighted by Crippen LogP contribution is 2.40. The molecule has 11 nitrogen and oxygen atoms in total. The topological polar surface area (TPSA) is 189 Å². The number of fused-ring (bicyclic) bond motifs is 1. The molecular formula is C10H6N6O5S. The van der Waals surface area contributed by atoms with Gasteiger partial charge < -0.3 is 5.11 Å². The Morgan fingerprint density at radius 2 is 1.91 bits per heavy atom. The van der Waals surface area contributed by atoms with Crippen LogP contribution in [0, 0.1) is 0 Å². The quantitative estimate of drug-likeness (QED) is 0.370. The smallest absolute Gasteiger partial charge is 0.295 e. The minimum atomic E-state index is -4.77. The van der Waals surface area contributed by atoms with E-state index in [2.05, 4.69) is 20.1 Å². The average molecular weight is 322 g/mol. The molecule has 0 bridgehead atoms. The van der Waals surface area contributed by atoms with Gasteiger partial charge >= 0.3 is 0 Å². The first-order valence-corrected chi connectivity index (χ1v) is 6.91. The number of ketones is 1. The number of nitrogens with zero attached hydrogens (tertiary/aromatic N) is 6. The van der Waals surface area contributed by atoms with Gasteiger partial charge in [-0.15, -0.1) is 0 Å². The van der Waals surface area contributed by atoms with E-state index in [0.29, 0.717) is 6.08 Å². The lowest BCUT2D eigenvalue weighted by Crippen LogP contribution is -2.32. The van der Waals surface area contributed by atoms with E-state index in [1.807, 2.05) is 0 Å². The van der Waals surface area contributed by atoms with Gasteiger partial charge in [-0.25, -0.2) is 0 Å². The minimum absolute atomic E-state index is 0.421. The molecule has 0 spiro atoms. The van der Waals surface area contributed by atoms with Crippen LogP contribution in [0.1, 0.15) is 15.9 Å². The Labute approximate surface area is 122 Å². The molecule has 1 aromatic carbocycles. The Balaban J connectivity index is 2.95. The highest BCUT2D eigenvalue weighted by molar-refractivity contribution is 7.86. The summed E-state index contributed by atoms with van der Waals surface area (Å²) in [5.41, 5.74) is 12.9. The van der Waals surface area contributed by atoms with E-state index in [9.17, 15) is 18.3 Å². The number of benzene rings is 1. The summed E-state index contributed by atoms with van der Waals surface area (Å²) < 4.78 is 31.8. The van der Waals surface area contributed by atoms with Gasteiger partial charge in [-0.2, -0.15) is 8.42 Å². The lowest BCUT2D eigenvalue weighted by molar-refractivity contribution is 0.0741. The fourth-order valence-corrected chi connectivity index (χ4v) is 2.76. The first-order chi connectivity index (χ1) is 10.3. The molecule has 0 fully saturated rings. The van der Waals surface area contributed by atoms with Crippen LogP contribution in [-0.2, 0) is 15.8 Å². The van der Waals surface area contributed by atoms with Gasteiger partial charge in [0.1, 0.15) is 4.90 Å². The van der Waals surface area contributed by atoms with Gasteiger partial charge in [0, 0.05) is 21.0 Å². The van der Waals surface area contributed by atoms with Crippen LogP contribution in [0.15, 0.2) is 45.1 Å². The third-order valence-electron chi connectivity index (χ3n) is 2.89. The van der Waals surface area contributed by atoms with Crippen LogP contribution in [-0.4, -0.2) is 23.9 Å². The van der Waals surface area contributed by atoms with Crippen molar-refractivity contribution >= 4 is 15.9 Å². The number of azide groups is 2. The van der Waals surface area contributed by atoms with Crippen LogP contribution in [0.3, 0.4) is 0 Å². The Hall–Kier alpha value is -2.88. The van der Waals surface area contributed by atoms with Crippen molar-refractivity contribution in [2.24, 2.45) is 10.2 Å². The van der Waals surface area contributed by atoms with E-state index in [4.69, 9.17) is 15.6 Å². The van der Waals surface area contributed by atoms with Gasteiger partial charge in [-0.3, -0.25) is 9.35 Å². The maximum Gasteiger partial charge on any atom is 0.295 e. The Kier molecular flexibility index (Phi) is 3.63. The molecule has 0 saturated heterocycles. The van der Waals surface area contributed by atoms with E-state index in [1.54, 1.807) is 0 Å². The van der Waals surface area contributed by atoms with Crippen LogP contribution in [0.5, 0.6) is 0 Å². The van der Waals surface area contributed by atoms with Crippen molar-refractivity contribution in [1.82, 2.24) is 0 Å². The SMILES string of the molecule is [N-]=[N+]=NC1=CC(=O)c2c(cccc2S(=O)(=O)O)C1(O)N=[N+]=[N-]. The normalized spacial score (nSPS) is 20.3. The monoisotopic (exact) mass is 322 g/mol. The van der Waals surface area contributed by atoms with Crippen molar-refractivity contribution in [1.29, 1.82) is 0 Å². The fraction of sp³-hybridized carbons (Fsp3) is 0.100. The molecule has 2 rings (SSSR count). The molecule has 12 heteroatoms. The molecule has 0 radical (unpaired) electrons. The van der Waals surface area contributed by atoms with E-state index in [0.717, 1.165) is 18.2 Å². The summed E-state index contributed by atoms with van der Waals surface area (Å²) in [5, 5.41) is 16.6. The molecular weight excluding hydrogens is 316 g/mol. The summed E-state index contributed by atoms with van der Waals surface area (Å²) in [6.45, 7) is 0. The lowest BCUT2D eigenvalue weighted by atomic mass is 9.87. The summed E-state index contributed by atoms with van der Waals surface area (Å²) >= 11 is 0. The fourth-order valence-electron chi connectivity index (χ4n) is 2.04. The standard InChI is InChI=1S/C10H6N6O5S/c11-15-13-8-4-6(17)9-5(10(8,18)14-16-12)2-1-3-7(9)22(19,20)21/h1-4,18H,(H,19,20,21). The van der Waals surface area contributed by atoms with E-state index in [-0.39, 0.29) is 0 Å². The van der Waals surface area contributed by atoms with Gasteiger partial charge in [0.25, 0.3) is 10.1 Å². The number of hydrogen-bond donors (Lipinski definition) is 2. The molecule has 1 aliphatic rings. The minimum Gasteiger partial charge on any atom is -0.375 e. The summed E-state index contributed by atoms with van der Waals surface area (Å²) in [6.07, 6.45) is 0.630. The highest BCUT2D eigenvalue weighted by Gasteiger charge is 2.42. The molecule has 2 N–H and O–H groups in total. The van der Waals surface area contributed by atoms with Crippen molar-refractivity contribution in [2.75, 3.05) is 0 Å². The zero-order valence-corrected chi connectivity index (χ0v) is 11.3. The van der Waals surface area contributed by atoms with Crippen molar-refractivity contribution < 1.29 is 22.9 Å². The van der Waals surface area contributed by atoms with Gasteiger partial charge in [0.15, 0.2) is 11.5 Å². The molecule has 1 unspecified atom stereocenters. The van der Waals surface area contributed by atoms with Crippen molar-refractivity contribution in [3.63, 3.8) is 0 Å². The zero-order valence-electron chi connectivity index (χ0n) is 10.5. The third-order valence-corrected chi connectivity index (χ3v) is 3.79. The number of carbonyl (C=O) groups is 1. The summed E-state index contributed by atoms with van der Waals surface area (Å²) in [5.74, 6) is -0.941. The van der Waals surface area contributed by atoms with Gasteiger partial charge in [-0.05, 0) is 28.3 Å². The highest BCUT2D eigenvalue weighted by atomic mass is 32.2. The number of allylic oxidation sites excluding steroid dienone is 1. The number of hydrogen-bond acceptors (Lipinski definition) is 6. The second-order valence-corrected chi connectivity index (χ2v) is 5.49. The largest absolute Gasteiger partial charge is 0.375 e. The molecule has 0 saturated carbocycles. The van der Waals surface area contributed by atoms with E-state index in [1.165, 1.54) is 0 Å². The summed E-state index contributed by atoms with van der Waals surface area (Å²) in [7, 11) is -4.77. The number of carbonyl (C=O) groups excluding carboxylic acids is 1. The second-order valence-electron chi connectivity index (χ2n) is 4.10. The third kappa shape index (κ3) is 2.29. The maximum absolute atomic E-state index is 12.0. The van der Waals surface area contributed by atoms with E-state index < -0.39 is 43.3 Å². The van der Waals surface area contributed by atoms with Crippen LogP contribution >= 0.6 is 0 Å². The zero-order chi connectivity index (χ0) is 16.5. The molecule has 0 amide bonds. The van der Waals surface area contributed by atoms with Crippen LogP contribution in [0.25, 0.3) is 20.9 Å².